The first-order chi connectivity index (χ1) is 11.7. The van der Waals surface area contributed by atoms with Crippen molar-refractivity contribution in [3.05, 3.63) is 36.0 Å². The fourth-order valence-corrected chi connectivity index (χ4v) is 2.54. The summed E-state index contributed by atoms with van der Waals surface area (Å²) in [6.45, 7) is 0. The lowest BCUT2D eigenvalue weighted by molar-refractivity contribution is -0.139. The van der Waals surface area contributed by atoms with Gasteiger partial charge in [-0.1, -0.05) is 30.3 Å². The van der Waals surface area contributed by atoms with Crippen LogP contribution in [0.25, 0.3) is 28.3 Å². The average Bonchev–Trinajstić information content (AvgIpc) is 3.17. The molecule has 3 aromatic heterocycles. The van der Waals surface area contributed by atoms with E-state index < -0.39 is 0 Å². The van der Waals surface area contributed by atoms with Gasteiger partial charge in [-0.05, 0) is 0 Å². The quantitative estimate of drug-likeness (QED) is 0.514. The highest BCUT2D eigenvalue weighted by Crippen LogP contribution is 2.19. The van der Waals surface area contributed by atoms with E-state index in [0.717, 1.165) is 5.56 Å². The van der Waals surface area contributed by atoms with Crippen LogP contribution < -0.4 is 0 Å². The number of benzene rings is 1. The van der Waals surface area contributed by atoms with Crippen LogP contribution in [0, 0.1) is 0 Å². The maximum Gasteiger partial charge on any atom is 0.311 e. The molecule has 0 aliphatic rings. The van der Waals surface area contributed by atoms with Gasteiger partial charge in [0.1, 0.15) is 5.69 Å². The summed E-state index contributed by atoms with van der Waals surface area (Å²) < 4.78 is 7.88. The van der Waals surface area contributed by atoms with Crippen LogP contribution in [0.4, 0.5) is 0 Å². The Bertz CT molecular complexity index is 1050. The number of carbonyl (C=O) groups excluding carboxylic acids is 1. The molecule has 0 saturated heterocycles. The maximum absolute atomic E-state index is 11.5. The Morgan fingerprint density at radius 3 is 2.71 bits per heavy atom. The van der Waals surface area contributed by atoms with Crippen LogP contribution in [0.5, 0.6) is 0 Å². The first kappa shape index (κ1) is 14.2. The topological polar surface area (TPSA) is 100 Å². The van der Waals surface area contributed by atoms with E-state index in [9.17, 15) is 4.79 Å². The molecular formula is C15H13N7O2. The monoisotopic (exact) mass is 323 g/mol. The summed E-state index contributed by atoms with van der Waals surface area (Å²) in [6.07, 6.45) is 0.0221. The van der Waals surface area contributed by atoms with Crippen LogP contribution in [0.3, 0.4) is 0 Å². The van der Waals surface area contributed by atoms with E-state index in [-0.39, 0.29) is 12.4 Å². The average molecular weight is 323 g/mol. The SMILES string of the molecule is COC(=O)Cc1nn(C)c2c1nnc1nc(-c3ccccc3)nn12. The van der Waals surface area contributed by atoms with Crippen LogP contribution in [0.15, 0.2) is 30.3 Å². The third-order valence-corrected chi connectivity index (χ3v) is 3.66. The molecule has 0 saturated carbocycles. The van der Waals surface area contributed by atoms with E-state index in [2.05, 4.69) is 25.4 Å². The zero-order valence-electron chi connectivity index (χ0n) is 13.0. The van der Waals surface area contributed by atoms with Crippen molar-refractivity contribution in [1.29, 1.82) is 0 Å². The van der Waals surface area contributed by atoms with E-state index in [1.165, 1.54) is 7.11 Å². The Hall–Kier alpha value is -3.36. The van der Waals surface area contributed by atoms with Crippen molar-refractivity contribution in [2.24, 2.45) is 7.05 Å². The van der Waals surface area contributed by atoms with Gasteiger partial charge < -0.3 is 4.74 Å². The van der Waals surface area contributed by atoms with Gasteiger partial charge in [-0.3, -0.25) is 4.79 Å². The minimum Gasteiger partial charge on any atom is -0.469 e. The number of nitrogens with zero attached hydrogens (tertiary/aromatic N) is 7. The molecule has 4 rings (SSSR count). The van der Waals surface area contributed by atoms with Gasteiger partial charge in [0.2, 0.25) is 0 Å². The van der Waals surface area contributed by atoms with Gasteiger partial charge in [-0.2, -0.15) is 14.6 Å². The van der Waals surface area contributed by atoms with Crippen molar-refractivity contribution < 1.29 is 9.53 Å². The number of fused-ring (bicyclic) bond motifs is 3. The summed E-state index contributed by atoms with van der Waals surface area (Å²) in [6, 6.07) is 9.61. The van der Waals surface area contributed by atoms with Crippen molar-refractivity contribution >= 4 is 22.9 Å². The number of esters is 1. The van der Waals surface area contributed by atoms with Crippen LogP contribution >= 0.6 is 0 Å². The van der Waals surface area contributed by atoms with Gasteiger partial charge in [0.05, 0.1) is 13.5 Å². The van der Waals surface area contributed by atoms with Crippen LogP contribution in [-0.2, 0) is 23.0 Å². The van der Waals surface area contributed by atoms with Crippen LogP contribution in [-0.4, -0.2) is 47.7 Å². The van der Waals surface area contributed by atoms with Gasteiger partial charge in [-0.15, -0.1) is 15.3 Å². The standard InChI is InChI=1S/C15H13N7O2/c1-21-14-12(10(19-21)8-11(23)24-2)17-18-15-16-13(20-22(14)15)9-6-4-3-5-7-9/h3-7H,8H2,1-2H3. The predicted octanol–water partition coefficient (Wildman–Crippen LogP) is 0.788. The van der Waals surface area contributed by atoms with E-state index >= 15 is 0 Å². The second-order valence-electron chi connectivity index (χ2n) is 5.21. The third kappa shape index (κ3) is 2.18. The highest BCUT2D eigenvalue weighted by molar-refractivity contribution is 5.81. The van der Waals surface area contributed by atoms with Gasteiger partial charge in [0.25, 0.3) is 5.78 Å². The molecule has 0 bridgehead atoms. The highest BCUT2D eigenvalue weighted by Gasteiger charge is 2.19. The Balaban J connectivity index is 1.91. The van der Waals surface area contributed by atoms with Crippen molar-refractivity contribution in [1.82, 2.24) is 34.6 Å². The lowest BCUT2D eigenvalue weighted by Gasteiger charge is -1.96. The van der Waals surface area contributed by atoms with Gasteiger partial charge in [-0.25, -0.2) is 4.68 Å². The molecule has 0 amide bonds. The molecule has 24 heavy (non-hydrogen) atoms. The molecule has 0 atom stereocenters. The van der Waals surface area contributed by atoms with E-state index in [0.29, 0.717) is 28.5 Å². The van der Waals surface area contributed by atoms with Gasteiger partial charge >= 0.3 is 5.97 Å². The van der Waals surface area contributed by atoms with Gasteiger partial charge in [0, 0.05) is 12.6 Å². The highest BCUT2D eigenvalue weighted by atomic mass is 16.5. The Morgan fingerprint density at radius 2 is 1.96 bits per heavy atom. The van der Waals surface area contributed by atoms with Crippen LogP contribution in [0.2, 0.25) is 0 Å². The van der Waals surface area contributed by atoms with E-state index in [4.69, 9.17) is 4.74 Å². The first-order valence-corrected chi connectivity index (χ1v) is 7.24. The molecule has 9 nitrogen and oxygen atoms in total. The maximum atomic E-state index is 11.5. The largest absolute Gasteiger partial charge is 0.469 e. The Kier molecular flexibility index (Phi) is 3.19. The van der Waals surface area contributed by atoms with E-state index in [1.54, 1.807) is 16.2 Å². The number of rotatable bonds is 3. The number of aromatic nitrogens is 7. The number of hydrogen-bond acceptors (Lipinski definition) is 7. The first-order valence-electron chi connectivity index (χ1n) is 7.24. The molecule has 0 spiro atoms. The molecule has 0 fully saturated rings. The normalized spacial score (nSPS) is 11.2. The van der Waals surface area contributed by atoms with Crippen LogP contribution in [0.1, 0.15) is 5.69 Å². The second kappa shape index (κ2) is 5.37. The zero-order valence-corrected chi connectivity index (χ0v) is 13.0. The fourth-order valence-electron chi connectivity index (χ4n) is 2.54. The molecule has 9 heteroatoms. The second-order valence-corrected chi connectivity index (χ2v) is 5.21. The lowest BCUT2D eigenvalue weighted by atomic mass is 10.2. The van der Waals surface area contributed by atoms with Crippen molar-refractivity contribution in [3.8, 4) is 11.4 Å². The Morgan fingerprint density at radius 1 is 1.17 bits per heavy atom. The third-order valence-electron chi connectivity index (χ3n) is 3.66. The summed E-state index contributed by atoms with van der Waals surface area (Å²) in [7, 11) is 3.09. The van der Waals surface area contributed by atoms with Crippen molar-refractivity contribution in [3.63, 3.8) is 0 Å². The summed E-state index contributed by atoms with van der Waals surface area (Å²) >= 11 is 0. The molecule has 120 valence electrons. The number of methoxy groups -OCH3 is 1. The molecule has 0 N–H and O–H groups in total. The minimum absolute atomic E-state index is 0.0221. The fraction of sp³-hybridized carbons (Fsp3) is 0.200. The van der Waals surface area contributed by atoms with E-state index in [1.807, 2.05) is 30.3 Å². The zero-order chi connectivity index (χ0) is 16.7. The number of carbonyl (C=O) groups is 1. The molecule has 0 aliphatic heterocycles. The Labute approximate surface area is 135 Å². The minimum atomic E-state index is -0.388. The number of hydrogen-bond donors (Lipinski definition) is 0. The lowest BCUT2D eigenvalue weighted by Crippen LogP contribution is -2.06. The predicted molar refractivity (Wildman–Crippen MR) is 84.0 cm³/mol. The number of aryl methyl sites for hydroxylation is 1. The molecule has 0 radical (unpaired) electrons. The van der Waals surface area contributed by atoms with Crippen molar-refractivity contribution in [2.45, 2.75) is 6.42 Å². The summed E-state index contributed by atoms with van der Waals surface area (Å²) in [5.41, 5.74) is 2.49. The molecule has 1 aromatic carbocycles. The molecule has 4 aromatic rings. The number of ether oxygens (including phenoxy) is 1. The summed E-state index contributed by atoms with van der Waals surface area (Å²) in [5.74, 6) is 0.530. The smallest absolute Gasteiger partial charge is 0.311 e. The van der Waals surface area contributed by atoms with Crippen molar-refractivity contribution in [2.75, 3.05) is 7.11 Å². The van der Waals surface area contributed by atoms with Gasteiger partial charge in [0.15, 0.2) is 17.0 Å². The summed E-state index contributed by atoms with van der Waals surface area (Å²) in [4.78, 5) is 15.9. The molecule has 3 heterocycles. The molecular weight excluding hydrogens is 310 g/mol. The molecule has 0 unspecified atom stereocenters. The summed E-state index contributed by atoms with van der Waals surface area (Å²) in [5, 5.41) is 17.1. The molecule has 0 aliphatic carbocycles.